The highest BCUT2D eigenvalue weighted by Gasteiger charge is 2.23. The van der Waals surface area contributed by atoms with E-state index in [-0.39, 0.29) is 5.91 Å². The van der Waals surface area contributed by atoms with Crippen molar-refractivity contribution in [3.63, 3.8) is 0 Å². The van der Waals surface area contributed by atoms with E-state index in [1.54, 1.807) is 6.20 Å². The third kappa shape index (κ3) is 1.90. The molecule has 1 aromatic carbocycles. The van der Waals surface area contributed by atoms with Crippen molar-refractivity contribution in [2.24, 2.45) is 0 Å². The lowest BCUT2D eigenvalue weighted by atomic mass is 10.1. The maximum Gasteiger partial charge on any atom is 0.257 e. The van der Waals surface area contributed by atoms with Gasteiger partial charge < -0.3 is 4.90 Å². The molecule has 4 heteroatoms. The van der Waals surface area contributed by atoms with Crippen LogP contribution >= 0.6 is 0 Å². The van der Waals surface area contributed by atoms with Crippen LogP contribution in [0.4, 0.5) is 0 Å². The summed E-state index contributed by atoms with van der Waals surface area (Å²) in [6, 6.07) is 9.84. The first-order valence-electron chi connectivity index (χ1n) is 6.24. The van der Waals surface area contributed by atoms with Gasteiger partial charge in [0, 0.05) is 18.7 Å². The minimum atomic E-state index is 0.0834. The average Bonchev–Trinajstić information content (AvgIpc) is 3.10. The number of hydrogen-bond donors (Lipinski definition) is 1. The molecule has 92 valence electrons. The highest BCUT2D eigenvalue weighted by Crippen LogP contribution is 2.23. The molecule has 18 heavy (non-hydrogen) atoms. The van der Waals surface area contributed by atoms with E-state index >= 15 is 0 Å². The lowest BCUT2D eigenvalue weighted by Gasteiger charge is -2.14. The molecule has 1 amide bonds. The number of nitrogens with one attached hydrogen (secondary N) is 1. The molecule has 4 nitrogen and oxygen atoms in total. The first-order chi connectivity index (χ1) is 8.86. The summed E-state index contributed by atoms with van der Waals surface area (Å²) in [4.78, 5) is 14.3. The number of likely N-dealkylation sites (tertiary alicyclic amines) is 1. The highest BCUT2D eigenvalue weighted by molar-refractivity contribution is 5.99. The molecule has 3 rings (SSSR count). The van der Waals surface area contributed by atoms with E-state index in [0.29, 0.717) is 5.56 Å². The fourth-order valence-corrected chi connectivity index (χ4v) is 2.36. The predicted octanol–water partition coefficient (Wildman–Crippen LogP) is 2.31. The largest absolute Gasteiger partial charge is 0.339 e. The van der Waals surface area contributed by atoms with Crippen molar-refractivity contribution in [2.45, 2.75) is 12.8 Å². The second-order valence-electron chi connectivity index (χ2n) is 4.52. The van der Waals surface area contributed by atoms with E-state index < -0.39 is 0 Å². The van der Waals surface area contributed by atoms with E-state index in [1.807, 2.05) is 35.2 Å². The highest BCUT2D eigenvalue weighted by atomic mass is 16.2. The number of carbonyl (C=O) groups excluding carboxylic acids is 1. The molecule has 1 saturated heterocycles. The van der Waals surface area contributed by atoms with Crippen molar-refractivity contribution >= 4 is 5.91 Å². The van der Waals surface area contributed by atoms with Gasteiger partial charge in [0.25, 0.3) is 5.91 Å². The van der Waals surface area contributed by atoms with Gasteiger partial charge in [0.2, 0.25) is 0 Å². The van der Waals surface area contributed by atoms with Gasteiger partial charge in [0.1, 0.15) is 0 Å². The number of H-pyrrole nitrogens is 1. The summed E-state index contributed by atoms with van der Waals surface area (Å²) < 4.78 is 0. The molecular formula is C14H15N3O. The van der Waals surface area contributed by atoms with E-state index in [1.165, 1.54) is 0 Å². The predicted molar refractivity (Wildman–Crippen MR) is 69.2 cm³/mol. The minimum absolute atomic E-state index is 0.0834. The Morgan fingerprint density at radius 3 is 2.61 bits per heavy atom. The van der Waals surface area contributed by atoms with E-state index in [4.69, 9.17) is 0 Å². The number of hydrogen-bond acceptors (Lipinski definition) is 2. The topological polar surface area (TPSA) is 49.0 Å². The summed E-state index contributed by atoms with van der Waals surface area (Å²) in [5.74, 6) is 0.0834. The Balaban J connectivity index is 1.94. The summed E-state index contributed by atoms with van der Waals surface area (Å²) in [6.45, 7) is 1.72. The van der Waals surface area contributed by atoms with E-state index in [0.717, 1.165) is 37.2 Å². The van der Waals surface area contributed by atoms with Crippen LogP contribution in [0.25, 0.3) is 11.3 Å². The third-order valence-corrected chi connectivity index (χ3v) is 3.33. The summed E-state index contributed by atoms with van der Waals surface area (Å²) in [5.41, 5.74) is 2.48. The monoisotopic (exact) mass is 241 g/mol. The van der Waals surface area contributed by atoms with Gasteiger partial charge >= 0.3 is 0 Å². The molecule has 1 aliphatic rings. The quantitative estimate of drug-likeness (QED) is 0.877. The van der Waals surface area contributed by atoms with Gasteiger partial charge in [-0.1, -0.05) is 30.3 Å². The molecule has 0 atom stereocenters. The van der Waals surface area contributed by atoms with Crippen LogP contribution in [-0.2, 0) is 0 Å². The molecule has 0 unspecified atom stereocenters. The van der Waals surface area contributed by atoms with E-state index in [9.17, 15) is 4.79 Å². The fraction of sp³-hybridized carbons (Fsp3) is 0.286. The van der Waals surface area contributed by atoms with Gasteiger partial charge in [-0.3, -0.25) is 9.89 Å². The number of rotatable bonds is 2. The molecular weight excluding hydrogens is 226 g/mol. The van der Waals surface area contributed by atoms with Crippen LogP contribution in [0.3, 0.4) is 0 Å². The molecule has 0 bridgehead atoms. The minimum Gasteiger partial charge on any atom is -0.339 e. The zero-order valence-electron chi connectivity index (χ0n) is 10.1. The van der Waals surface area contributed by atoms with Crippen LogP contribution < -0.4 is 0 Å². The zero-order valence-corrected chi connectivity index (χ0v) is 10.1. The van der Waals surface area contributed by atoms with Gasteiger partial charge in [0.15, 0.2) is 0 Å². The second-order valence-corrected chi connectivity index (χ2v) is 4.52. The Kier molecular flexibility index (Phi) is 2.84. The van der Waals surface area contributed by atoms with Gasteiger partial charge in [0.05, 0.1) is 17.5 Å². The normalized spacial score (nSPS) is 15.0. The number of benzene rings is 1. The van der Waals surface area contributed by atoms with Gasteiger partial charge in [-0.2, -0.15) is 5.10 Å². The molecule has 1 aromatic heterocycles. The Bertz CT molecular complexity index is 541. The first-order valence-corrected chi connectivity index (χ1v) is 6.24. The third-order valence-electron chi connectivity index (χ3n) is 3.33. The first kappa shape index (κ1) is 11.0. The zero-order chi connectivity index (χ0) is 12.4. The summed E-state index contributed by atoms with van der Waals surface area (Å²) in [5, 5.41) is 6.95. The maximum atomic E-state index is 12.4. The van der Waals surface area contributed by atoms with Crippen molar-refractivity contribution in [2.75, 3.05) is 13.1 Å². The molecule has 1 N–H and O–H groups in total. The summed E-state index contributed by atoms with van der Waals surface area (Å²) in [7, 11) is 0. The lowest BCUT2D eigenvalue weighted by Crippen LogP contribution is -2.27. The molecule has 0 spiro atoms. The van der Waals surface area contributed by atoms with Crippen LogP contribution in [0.15, 0.2) is 36.5 Å². The molecule has 0 aliphatic carbocycles. The van der Waals surface area contributed by atoms with Crippen molar-refractivity contribution in [1.29, 1.82) is 0 Å². The Labute approximate surface area is 106 Å². The molecule has 0 saturated carbocycles. The number of amides is 1. The van der Waals surface area contributed by atoms with Gasteiger partial charge in [-0.15, -0.1) is 0 Å². The standard InChI is InChI=1S/C14H15N3O/c18-14(17-8-4-5-9-17)12-10-15-16-13(12)11-6-2-1-3-7-11/h1-3,6-7,10H,4-5,8-9H2,(H,15,16). The lowest BCUT2D eigenvalue weighted by molar-refractivity contribution is 0.0793. The maximum absolute atomic E-state index is 12.4. The van der Waals surface area contributed by atoms with Gasteiger partial charge in [-0.05, 0) is 12.8 Å². The average molecular weight is 241 g/mol. The number of carbonyl (C=O) groups is 1. The Morgan fingerprint density at radius 1 is 1.17 bits per heavy atom. The van der Waals surface area contributed by atoms with Crippen LogP contribution in [0.5, 0.6) is 0 Å². The summed E-state index contributed by atoms with van der Waals surface area (Å²) >= 11 is 0. The molecule has 2 aromatic rings. The number of aromatic nitrogens is 2. The number of nitrogens with zero attached hydrogens (tertiary/aromatic N) is 2. The Hall–Kier alpha value is -2.10. The smallest absolute Gasteiger partial charge is 0.257 e. The molecule has 2 heterocycles. The molecule has 1 fully saturated rings. The SMILES string of the molecule is O=C(c1cn[nH]c1-c1ccccc1)N1CCCC1. The Morgan fingerprint density at radius 2 is 1.89 bits per heavy atom. The number of aromatic amines is 1. The molecule has 1 aliphatic heterocycles. The second kappa shape index (κ2) is 4.64. The van der Waals surface area contributed by atoms with E-state index in [2.05, 4.69) is 10.2 Å². The van der Waals surface area contributed by atoms with Crippen molar-refractivity contribution in [3.05, 3.63) is 42.1 Å². The van der Waals surface area contributed by atoms with Crippen LogP contribution in [0.1, 0.15) is 23.2 Å². The molecule has 0 radical (unpaired) electrons. The van der Waals surface area contributed by atoms with Crippen LogP contribution in [0.2, 0.25) is 0 Å². The summed E-state index contributed by atoms with van der Waals surface area (Å²) in [6.07, 6.45) is 3.83. The van der Waals surface area contributed by atoms with Crippen molar-refractivity contribution in [1.82, 2.24) is 15.1 Å². The van der Waals surface area contributed by atoms with Crippen LogP contribution in [-0.4, -0.2) is 34.1 Å². The fourth-order valence-electron chi connectivity index (χ4n) is 2.36. The van der Waals surface area contributed by atoms with Crippen molar-refractivity contribution < 1.29 is 4.79 Å². The van der Waals surface area contributed by atoms with Gasteiger partial charge in [-0.25, -0.2) is 0 Å². The van der Waals surface area contributed by atoms with Crippen LogP contribution in [0, 0.1) is 0 Å². The van der Waals surface area contributed by atoms with Crippen molar-refractivity contribution in [3.8, 4) is 11.3 Å².